The molecule has 11 heavy (non-hydrogen) atoms. The van der Waals surface area contributed by atoms with E-state index in [4.69, 9.17) is 0 Å². The second-order valence-corrected chi connectivity index (χ2v) is 1.67. The third-order valence-corrected chi connectivity index (χ3v) is 0.891. The lowest BCUT2D eigenvalue weighted by Crippen LogP contribution is -1.92. The van der Waals surface area contributed by atoms with Crippen LogP contribution in [0.5, 0.6) is 0 Å². The number of esters is 1. The van der Waals surface area contributed by atoms with Gasteiger partial charge < -0.3 is 4.74 Å². The molecule has 0 aromatic rings. The SMILES string of the molecule is CN=C/C=C\C=C\C(=O)OC. The number of allylic oxidation sites excluding steroid dienone is 3. The van der Waals surface area contributed by atoms with Crippen LogP contribution in [0.1, 0.15) is 0 Å². The molecule has 0 fully saturated rings. The van der Waals surface area contributed by atoms with Crippen molar-refractivity contribution in [1.82, 2.24) is 0 Å². The van der Waals surface area contributed by atoms with E-state index in [0.717, 1.165) is 0 Å². The van der Waals surface area contributed by atoms with E-state index in [-0.39, 0.29) is 5.97 Å². The molecule has 0 aromatic carbocycles. The van der Waals surface area contributed by atoms with Gasteiger partial charge in [0.1, 0.15) is 0 Å². The molecule has 60 valence electrons. The second kappa shape index (κ2) is 6.74. The fraction of sp³-hybridized carbons (Fsp3) is 0.250. The summed E-state index contributed by atoms with van der Waals surface area (Å²) in [6.45, 7) is 0. The van der Waals surface area contributed by atoms with Crippen molar-refractivity contribution in [2.45, 2.75) is 0 Å². The number of aliphatic imine (C=N–C) groups is 1. The highest BCUT2D eigenvalue weighted by molar-refractivity contribution is 5.82. The van der Waals surface area contributed by atoms with Gasteiger partial charge >= 0.3 is 5.97 Å². The van der Waals surface area contributed by atoms with Crippen molar-refractivity contribution in [2.24, 2.45) is 4.99 Å². The number of carbonyl (C=O) groups excluding carboxylic acids is 1. The van der Waals surface area contributed by atoms with Gasteiger partial charge in [0.15, 0.2) is 0 Å². The molecular formula is C8H11NO2. The Morgan fingerprint density at radius 1 is 1.36 bits per heavy atom. The van der Waals surface area contributed by atoms with Gasteiger partial charge in [-0.2, -0.15) is 0 Å². The Morgan fingerprint density at radius 3 is 2.64 bits per heavy atom. The van der Waals surface area contributed by atoms with Crippen molar-refractivity contribution < 1.29 is 9.53 Å². The fourth-order valence-corrected chi connectivity index (χ4v) is 0.402. The average molecular weight is 153 g/mol. The summed E-state index contributed by atoms with van der Waals surface area (Å²) < 4.78 is 4.36. The molecule has 0 aliphatic rings. The maximum atomic E-state index is 10.5. The standard InChI is InChI=1S/C8H11NO2/c1-9-7-5-3-4-6-8(10)11-2/h3-7H,1-2H3/b5-3-,6-4+,9-7?. The summed E-state index contributed by atoms with van der Waals surface area (Å²) >= 11 is 0. The maximum Gasteiger partial charge on any atom is 0.330 e. The van der Waals surface area contributed by atoms with E-state index in [2.05, 4.69) is 9.73 Å². The van der Waals surface area contributed by atoms with Crippen molar-refractivity contribution in [1.29, 1.82) is 0 Å². The zero-order valence-electron chi connectivity index (χ0n) is 6.65. The van der Waals surface area contributed by atoms with Crippen LogP contribution in [-0.2, 0) is 9.53 Å². The molecule has 0 rings (SSSR count). The van der Waals surface area contributed by atoms with Crippen LogP contribution in [0.3, 0.4) is 0 Å². The third kappa shape index (κ3) is 6.51. The molecule has 0 heterocycles. The van der Waals surface area contributed by atoms with E-state index < -0.39 is 0 Å². The average Bonchev–Trinajstić information content (AvgIpc) is 2.04. The van der Waals surface area contributed by atoms with Crippen LogP contribution in [0.4, 0.5) is 0 Å². The largest absolute Gasteiger partial charge is 0.466 e. The van der Waals surface area contributed by atoms with Gasteiger partial charge in [0.25, 0.3) is 0 Å². The van der Waals surface area contributed by atoms with Gasteiger partial charge in [-0.3, -0.25) is 4.99 Å². The number of nitrogens with zero attached hydrogens (tertiary/aromatic N) is 1. The van der Waals surface area contributed by atoms with Crippen molar-refractivity contribution >= 4 is 12.2 Å². The topological polar surface area (TPSA) is 38.7 Å². The van der Waals surface area contributed by atoms with Gasteiger partial charge in [-0.15, -0.1) is 0 Å². The zero-order chi connectivity index (χ0) is 8.53. The van der Waals surface area contributed by atoms with Crippen molar-refractivity contribution in [3.8, 4) is 0 Å². The summed E-state index contributed by atoms with van der Waals surface area (Å²) in [6, 6.07) is 0. The normalized spacial score (nSPS) is 11.8. The van der Waals surface area contributed by atoms with Gasteiger partial charge in [0.2, 0.25) is 0 Å². The molecule has 0 unspecified atom stereocenters. The fourth-order valence-electron chi connectivity index (χ4n) is 0.402. The molecule has 3 nitrogen and oxygen atoms in total. The lowest BCUT2D eigenvalue weighted by atomic mass is 10.4. The van der Waals surface area contributed by atoms with E-state index in [1.165, 1.54) is 13.2 Å². The number of carbonyl (C=O) groups is 1. The van der Waals surface area contributed by atoms with Gasteiger partial charge in [-0.05, 0) is 6.08 Å². The van der Waals surface area contributed by atoms with Gasteiger partial charge in [-0.25, -0.2) is 4.79 Å². The minimum Gasteiger partial charge on any atom is -0.466 e. The van der Waals surface area contributed by atoms with E-state index in [1.807, 2.05) is 0 Å². The Labute approximate surface area is 66.1 Å². The summed E-state index contributed by atoms with van der Waals surface area (Å²) in [7, 11) is 3.01. The Morgan fingerprint density at radius 2 is 2.09 bits per heavy atom. The first-order valence-corrected chi connectivity index (χ1v) is 3.14. The van der Waals surface area contributed by atoms with E-state index >= 15 is 0 Å². The molecule has 0 bridgehead atoms. The Bertz CT molecular complexity index is 192. The minimum absolute atomic E-state index is 0.358. The predicted molar refractivity (Wildman–Crippen MR) is 44.7 cm³/mol. The summed E-state index contributed by atoms with van der Waals surface area (Å²) in [4.78, 5) is 14.2. The Hall–Kier alpha value is -1.38. The molecule has 0 atom stereocenters. The molecular weight excluding hydrogens is 142 g/mol. The molecule has 0 spiro atoms. The lowest BCUT2D eigenvalue weighted by Gasteiger charge is -1.85. The molecule has 0 amide bonds. The molecule has 3 heteroatoms. The molecule has 0 N–H and O–H groups in total. The molecule has 0 aliphatic heterocycles. The monoisotopic (exact) mass is 153 g/mol. The van der Waals surface area contributed by atoms with Crippen LogP contribution in [0, 0.1) is 0 Å². The highest BCUT2D eigenvalue weighted by Gasteiger charge is 1.85. The Kier molecular flexibility index (Phi) is 5.89. The summed E-state index contributed by atoms with van der Waals surface area (Å²) in [5.74, 6) is -0.358. The van der Waals surface area contributed by atoms with Crippen LogP contribution in [0.2, 0.25) is 0 Å². The molecule has 0 aliphatic carbocycles. The second-order valence-electron chi connectivity index (χ2n) is 1.67. The minimum atomic E-state index is -0.358. The predicted octanol–water partition coefficient (Wildman–Crippen LogP) is 0.972. The number of hydrogen-bond donors (Lipinski definition) is 0. The number of ether oxygens (including phenoxy) is 1. The quantitative estimate of drug-likeness (QED) is 0.262. The molecule has 0 aromatic heterocycles. The maximum absolute atomic E-state index is 10.5. The summed E-state index contributed by atoms with van der Waals surface area (Å²) in [5.41, 5.74) is 0. The van der Waals surface area contributed by atoms with E-state index in [0.29, 0.717) is 0 Å². The van der Waals surface area contributed by atoms with Crippen LogP contribution in [0.15, 0.2) is 29.3 Å². The first-order chi connectivity index (χ1) is 5.31. The lowest BCUT2D eigenvalue weighted by molar-refractivity contribution is -0.134. The van der Waals surface area contributed by atoms with Crippen molar-refractivity contribution in [2.75, 3.05) is 14.2 Å². The van der Waals surface area contributed by atoms with Crippen LogP contribution < -0.4 is 0 Å². The molecule has 0 saturated heterocycles. The van der Waals surface area contributed by atoms with Crippen LogP contribution in [0.25, 0.3) is 0 Å². The zero-order valence-corrected chi connectivity index (χ0v) is 6.65. The first-order valence-electron chi connectivity index (χ1n) is 3.14. The number of rotatable bonds is 3. The van der Waals surface area contributed by atoms with E-state index in [1.54, 1.807) is 31.5 Å². The highest BCUT2D eigenvalue weighted by atomic mass is 16.5. The summed E-state index contributed by atoms with van der Waals surface area (Å²) in [5, 5.41) is 0. The van der Waals surface area contributed by atoms with Crippen LogP contribution in [-0.4, -0.2) is 26.3 Å². The number of hydrogen-bond acceptors (Lipinski definition) is 3. The van der Waals surface area contributed by atoms with Gasteiger partial charge in [-0.1, -0.05) is 12.2 Å². The third-order valence-electron chi connectivity index (χ3n) is 0.891. The molecule has 0 saturated carbocycles. The number of methoxy groups -OCH3 is 1. The first kappa shape index (κ1) is 9.62. The summed E-state index contributed by atoms with van der Waals surface area (Å²) in [6.07, 6.45) is 7.97. The van der Waals surface area contributed by atoms with Gasteiger partial charge in [0, 0.05) is 19.3 Å². The smallest absolute Gasteiger partial charge is 0.330 e. The highest BCUT2D eigenvalue weighted by Crippen LogP contribution is 1.79. The van der Waals surface area contributed by atoms with E-state index in [9.17, 15) is 4.79 Å². The van der Waals surface area contributed by atoms with Crippen molar-refractivity contribution in [3.63, 3.8) is 0 Å². The van der Waals surface area contributed by atoms with Crippen molar-refractivity contribution in [3.05, 3.63) is 24.3 Å². The molecule has 0 radical (unpaired) electrons. The Balaban J connectivity index is 3.68. The van der Waals surface area contributed by atoms with Crippen LogP contribution >= 0.6 is 0 Å². The van der Waals surface area contributed by atoms with Gasteiger partial charge in [0.05, 0.1) is 7.11 Å².